The summed E-state index contributed by atoms with van der Waals surface area (Å²) in [6, 6.07) is 29.3. The maximum Gasteiger partial charge on any atom is -0.0771 e. The van der Waals surface area contributed by atoms with Crippen molar-refractivity contribution in [2.75, 3.05) is 0 Å². The molecule has 0 N–H and O–H groups in total. The predicted molar refractivity (Wildman–Crippen MR) is 119 cm³/mol. The first kappa shape index (κ1) is 20.7. The molecule has 1 saturated carbocycles. The van der Waals surface area contributed by atoms with Crippen LogP contribution >= 0.6 is 17.0 Å². The summed E-state index contributed by atoms with van der Waals surface area (Å²) in [5, 5.41) is 5.39. The van der Waals surface area contributed by atoms with E-state index in [0.29, 0.717) is 0 Å². The van der Waals surface area contributed by atoms with Crippen molar-refractivity contribution in [2.24, 2.45) is 0 Å². The molecular weight excluding hydrogens is 450 g/mol. The molecular formula is C24H24Cl2Zr-2. The summed E-state index contributed by atoms with van der Waals surface area (Å²) in [6.07, 6.45) is 6.52. The van der Waals surface area contributed by atoms with Gasteiger partial charge in [0.25, 0.3) is 0 Å². The Morgan fingerprint density at radius 1 is 0.667 bits per heavy atom. The fourth-order valence-corrected chi connectivity index (χ4v) is 7.43. The van der Waals surface area contributed by atoms with Gasteiger partial charge in [0.05, 0.1) is 0 Å². The summed E-state index contributed by atoms with van der Waals surface area (Å²) in [4.78, 5) is 0. The smallest absolute Gasteiger partial charge is 0.0771 e. The van der Waals surface area contributed by atoms with Gasteiger partial charge in [0, 0.05) is 0 Å². The van der Waals surface area contributed by atoms with Gasteiger partial charge in [0.2, 0.25) is 0 Å². The van der Waals surface area contributed by atoms with E-state index in [2.05, 4.69) is 54.6 Å². The fourth-order valence-electron chi connectivity index (χ4n) is 3.39. The number of hydrogen-bond acceptors (Lipinski definition) is 0. The summed E-state index contributed by atoms with van der Waals surface area (Å²) in [7, 11) is 11.8. The molecule has 0 heterocycles. The molecule has 4 aromatic rings. The Bertz CT molecular complexity index is 900. The second-order valence-corrected chi connectivity index (χ2v) is 15.3. The van der Waals surface area contributed by atoms with E-state index in [1.165, 1.54) is 56.9 Å². The van der Waals surface area contributed by atoms with Crippen molar-refractivity contribution in [3.63, 3.8) is 0 Å². The Morgan fingerprint density at radius 3 is 1.59 bits per heavy atom. The normalized spacial score (nSPS) is 13.5. The van der Waals surface area contributed by atoms with Crippen molar-refractivity contribution in [2.45, 2.75) is 32.1 Å². The molecule has 5 rings (SSSR count). The zero-order valence-corrected chi connectivity index (χ0v) is 19.3. The maximum absolute atomic E-state index is 5.88. The summed E-state index contributed by atoms with van der Waals surface area (Å²) >= 11 is -1.88. The van der Waals surface area contributed by atoms with E-state index in [0.717, 1.165) is 0 Å². The molecule has 0 aliphatic heterocycles. The number of rotatable bonds is 0. The van der Waals surface area contributed by atoms with Gasteiger partial charge in [-0.3, -0.25) is 0 Å². The van der Waals surface area contributed by atoms with Gasteiger partial charge < -0.3 is 0 Å². The summed E-state index contributed by atoms with van der Waals surface area (Å²) in [5.41, 5.74) is 0. The second kappa shape index (κ2) is 11.1. The monoisotopic (exact) mass is 472 g/mol. The SMILES string of the molecule is [Cl][Zr]([Cl])=[C]1CCCCC1.c1cc[cH-]c1.c1ccc2c(c1)[cH-]c1ccccc12. The van der Waals surface area contributed by atoms with E-state index in [1.807, 2.05) is 30.3 Å². The van der Waals surface area contributed by atoms with Crippen LogP contribution in [0.25, 0.3) is 21.5 Å². The topological polar surface area (TPSA) is 0 Å². The van der Waals surface area contributed by atoms with Crippen LogP contribution in [0.5, 0.6) is 0 Å². The van der Waals surface area contributed by atoms with Gasteiger partial charge in [-0.15, -0.1) is 39.7 Å². The average molecular weight is 475 g/mol. The molecule has 0 nitrogen and oxygen atoms in total. The van der Waals surface area contributed by atoms with Crippen LogP contribution in [0.15, 0.2) is 84.9 Å². The van der Waals surface area contributed by atoms with Crippen LogP contribution in [0.3, 0.4) is 0 Å². The van der Waals surface area contributed by atoms with Crippen molar-refractivity contribution < 1.29 is 18.9 Å². The molecule has 1 aliphatic rings. The van der Waals surface area contributed by atoms with Gasteiger partial charge in [-0.1, -0.05) is 36.4 Å². The first-order valence-corrected chi connectivity index (χ1v) is 17.0. The van der Waals surface area contributed by atoms with Crippen LogP contribution in [0.4, 0.5) is 0 Å². The van der Waals surface area contributed by atoms with Crippen LogP contribution in [0.1, 0.15) is 32.1 Å². The van der Waals surface area contributed by atoms with Gasteiger partial charge in [0.1, 0.15) is 0 Å². The molecule has 0 radical (unpaired) electrons. The van der Waals surface area contributed by atoms with Crippen molar-refractivity contribution >= 4 is 41.8 Å². The quantitative estimate of drug-likeness (QED) is 0.226. The molecule has 0 atom stereocenters. The first-order valence-electron chi connectivity index (χ1n) is 9.48. The van der Waals surface area contributed by atoms with Crippen molar-refractivity contribution in [3.8, 4) is 0 Å². The van der Waals surface area contributed by atoms with E-state index in [1.54, 1.807) is 0 Å². The Balaban J connectivity index is 0.000000130. The Labute approximate surface area is 176 Å². The molecule has 0 amide bonds. The van der Waals surface area contributed by atoms with Crippen LogP contribution in [0.2, 0.25) is 0 Å². The zero-order valence-electron chi connectivity index (χ0n) is 15.4. The first-order chi connectivity index (χ1) is 13.3. The van der Waals surface area contributed by atoms with E-state index in [4.69, 9.17) is 17.0 Å². The molecule has 0 spiro atoms. The minimum Gasteiger partial charge on any atom is -0.214 e. The van der Waals surface area contributed by atoms with Crippen LogP contribution in [-0.4, -0.2) is 3.21 Å². The third-order valence-electron chi connectivity index (χ3n) is 4.80. The van der Waals surface area contributed by atoms with Crippen molar-refractivity contribution in [1.82, 2.24) is 0 Å². The van der Waals surface area contributed by atoms with Crippen LogP contribution < -0.4 is 0 Å². The van der Waals surface area contributed by atoms with Crippen LogP contribution in [0, 0.1) is 0 Å². The van der Waals surface area contributed by atoms with E-state index < -0.39 is 18.9 Å². The standard InChI is InChI=1S/C13H9.C6H10.C5H5.2ClH.Zr/c1-3-7-12-10(5-1)9-11-6-2-4-8-13(11)12;1-2-4-6-5-3-1;1-2-4-5-3-1;;;/h1-9H;1-5H2;1-5H;2*1H;/q-1;;-1;;;+2/p-2. The van der Waals surface area contributed by atoms with Gasteiger partial charge in [-0.25, -0.2) is 12.1 Å². The third kappa shape index (κ3) is 6.25. The minimum absolute atomic E-state index is 1.24. The number of fused-ring (bicyclic) bond motifs is 3. The molecule has 1 aliphatic carbocycles. The van der Waals surface area contributed by atoms with Gasteiger partial charge >= 0.3 is 71.2 Å². The average Bonchev–Trinajstić information content (AvgIpc) is 3.41. The molecule has 27 heavy (non-hydrogen) atoms. The Morgan fingerprint density at radius 2 is 1.19 bits per heavy atom. The third-order valence-corrected chi connectivity index (χ3v) is 10.5. The Hall–Kier alpha value is -1.01. The summed E-state index contributed by atoms with van der Waals surface area (Å²) < 4.78 is 1.53. The van der Waals surface area contributed by atoms with Crippen LogP contribution in [-0.2, 0) is 18.9 Å². The largest absolute Gasteiger partial charge is 0.214 e. The summed E-state index contributed by atoms with van der Waals surface area (Å²) in [6.45, 7) is 0. The number of benzene rings is 2. The van der Waals surface area contributed by atoms with Crippen molar-refractivity contribution in [3.05, 3.63) is 84.9 Å². The van der Waals surface area contributed by atoms with E-state index in [9.17, 15) is 0 Å². The van der Waals surface area contributed by atoms with E-state index >= 15 is 0 Å². The maximum atomic E-state index is 5.88. The van der Waals surface area contributed by atoms with Gasteiger partial charge in [-0.2, -0.15) is 18.2 Å². The molecule has 3 heteroatoms. The molecule has 140 valence electrons. The molecule has 0 bridgehead atoms. The van der Waals surface area contributed by atoms with Gasteiger partial charge in [0.15, 0.2) is 0 Å². The molecule has 4 aromatic carbocycles. The Kier molecular flexibility index (Phi) is 8.52. The molecule has 0 saturated heterocycles. The second-order valence-electron chi connectivity index (χ2n) is 6.71. The number of halogens is 2. The van der Waals surface area contributed by atoms with E-state index in [-0.39, 0.29) is 0 Å². The minimum atomic E-state index is -1.88. The molecule has 0 unspecified atom stereocenters. The summed E-state index contributed by atoms with van der Waals surface area (Å²) in [5.74, 6) is 0. The zero-order chi connectivity index (χ0) is 18.9. The van der Waals surface area contributed by atoms with Crippen molar-refractivity contribution in [1.29, 1.82) is 0 Å². The fraction of sp³-hybridized carbons (Fsp3) is 0.208. The molecule has 0 aromatic heterocycles. The number of hydrogen-bond donors (Lipinski definition) is 0. The predicted octanol–water partition coefficient (Wildman–Crippen LogP) is 8.17. The molecule has 1 fully saturated rings. The van der Waals surface area contributed by atoms with Gasteiger partial charge in [-0.05, 0) is 0 Å².